The van der Waals surface area contributed by atoms with Crippen molar-refractivity contribution in [3.8, 4) is 0 Å². The van der Waals surface area contributed by atoms with E-state index in [1.165, 1.54) is 11.1 Å². The van der Waals surface area contributed by atoms with E-state index in [2.05, 4.69) is 34.5 Å². The van der Waals surface area contributed by atoms with Crippen molar-refractivity contribution >= 4 is 11.6 Å². The molecule has 0 bridgehead atoms. The van der Waals surface area contributed by atoms with E-state index in [9.17, 15) is 4.79 Å². The molecule has 0 aliphatic heterocycles. The topological polar surface area (TPSA) is 50.5 Å². The zero-order valence-electron chi connectivity index (χ0n) is 13.9. The van der Waals surface area contributed by atoms with Gasteiger partial charge in [0.05, 0.1) is 11.6 Å². The van der Waals surface area contributed by atoms with Crippen LogP contribution < -0.4 is 0 Å². The number of aromatic nitrogens is 3. The molecule has 5 heteroatoms. The van der Waals surface area contributed by atoms with E-state index in [1.54, 1.807) is 0 Å². The molecule has 2 aromatic heterocycles. The largest absolute Gasteiger partial charge is 0.335 e. The molecule has 0 saturated heterocycles. The minimum atomic E-state index is 0.0340. The average Bonchev–Trinajstić information content (AvgIpc) is 3.00. The van der Waals surface area contributed by atoms with E-state index in [4.69, 9.17) is 0 Å². The SMILES string of the molecule is Cc1nnc2ccc(C(=O)N(C)[C@@H]3CCCc4ccccc43)cn12. The van der Waals surface area contributed by atoms with Crippen LogP contribution in [0.5, 0.6) is 0 Å². The Balaban J connectivity index is 1.67. The molecule has 0 radical (unpaired) electrons. The Morgan fingerprint density at radius 1 is 1.21 bits per heavy atom. The normalized spacial score (nSPS) is 16.8. The number of hydrogen-bond donors (Lipinski definition) is 0. The van der Waals surface area contributed by atoms with Crippen molar-refractivity contribution in [2.45, 2.75) is 32.2 Å². The van der Waals surface area contributed by atoms with Gasteiger partial charge >= 0.3 is 0 Å². The second-order valence-corrected chi connectivity index (χ2v) is 6.42. The number of aryl methyl sites for hydroxylation is 2. The monoisotopic (exact) mass is 320 g/mol. The third-order valence-electron chi connectivity index (χ3n) is 4.95. The van der Waals surface area contributed by atoms with Crippen LogP contribution in [0, 0.1) is 6.92 Å². The van der Waals surface area contributed by atoms with Gasteiger partial charge in [0.15, 0.2) is 5.65 Å². The van der Waals surface area contributed by atoms with Gasteiger partial charge in [-0.3, -0.25) is 9.20 Å². The summed E-state index contributed by atoms with van der Waals surface area (Å²) in [6.45, 7) is 1.88. The molecule has 1 aliphatic rings. The molecule has 2 heterocycles. The number of rotatable bonds is 2. The number of carbonyl (C=O) groups excluding carboxylic acids is 1. The summed E-state index contributed by atoms with van der Waals surface area (Å²) in [7, 11) is 1.90. The van der Waals surface area contributed by atoms with Crippen molar-refractivity contribution in [1.29, 1.82) is 0 Å². The number of nitrogens with zero attached hydrogens (tertiary/aromatic N) is 4. The van der Waals surface area contributed by atoms with Gasteiger partial charge in [0.25, 0.3) is 5.91 Å². The van der Waals surface area contributed by atoms with Crippen LogP contribution in [0.2, 0.25) is 0 Å². The highest BCUT2D eigenvalue weighted by molar-refractivity contribution is 5.94. The van der Waals surface area contributed by atoms with Crippen LogP contribution in [0.1, 0.15) is 46.2 Å². The quantitative estimate of drug-likeness (QED) is 0.728. The number of amides is 1. The van der Waals surface area contributed by atoms with Crippen LogP contribution in [-0.4, -0.2) is 32.5 Å². The standard InChI is InChI=1S/C19H20N4O/c1-13-20-21-18-11-10-15(12-23(13)18)19(24)22(2)17-9-5-7-14-6-3-4-8-16(14)17/h3-4,6,8,10-12,17H,5,7,9H2,1-2H3/t17-/m1/s1. The van der Waals surface area contributed by atoms with E-state index < -0.39 is 0 Å². The lowest BCUT2D eigenvalue weighted by Crippen LogP contribution is -2.33. The molecule has 3 aromatic rings. The van der Waals surface area contributed by atoms with Gasteiger partial charge in [-0.1, -0.05) is 24.3 Å². The average molecular weight is 320 g/mol. The van der Waals surface area contributed by atoms with Gasteiger partial charge in [0, 0.05) is 13.2 Å². The number of benzene rings is 1. The van der Waals surface area contributed by atoms with E-state index in [0.717, 1.165) is 30.7 Å². The molecular formula is C19H20N4O. The molecule has 122 valence electrons. The fourth-order valence-corrected chi connectivity index (χ4v) is 3.61. The van der Waals surface area contributed by atoms with Crippen LogP contribution in [0.3, 0.4) is 0 Å². The Hall–Kier alpha value is -2.69. The highest BCUT2D eigenvalue weighted by Gasteiger charge is 2.27. The Morgan fingerprint density at radius 3 is 2.92 bits per heavy atom. The molecule has 1 aromatic carbocycles. The highest BCUT2D eigenvalue weighted by atomic mass is 16.2. The molecule has 4 rings (SSSR count). The van der Waals surface area contributed by atoms with Crippen LogP contribution in [0.25, 0.3) is 5.65 Å². The van der Waals surface area contributed by atoms with Crippen molar-refractivity contribution in [1.82, 2.24) is 19.5 Å². The summed E-state index contributed by atoms with van der Waals surface area (Å²) in [6.07, 6.45) is 5.05. The third-order valence-corrected chi connectivity index (χ3v) is 4.95. The summed E-state index contributed by atoms with van der Waals surface area (Å²) in [5.74, 6) is 0.817. The molecule has 24 heavy (non-hydrogen) atoms. The van der Waals surface area contributed by atoms with E-state index in [1.807, 2.05) is 41.6 Å². The molecule has 0 spiro atoms. The lowest BCUT2D eigenvalue weighted by Gasteiger charge is -2.33. The van der Waals surface area contributed by atoms with Crippen molar-refractivity contribution in [2.75, 3.05) is 7.05 Å². The fraction of sp³-hybridized carbons (Fsp3) is 0.316. The lowest BCUT2D eigenvalue weighted by atomic mass is 9.87. The molecule has 0 fully saturated rings. The lowest BCUT2D eigenvalue weighted by molar-refractivity contribution is 0.0714. The molecule has 0 N–H and O–H groups in total. The summed E-state index contributed by atoms with van der Waals surface area (Å²) in [5, 5.41) is 8.12. The van der Waals surface area contributed by atoms with Crippen molar-refractivity contribution in [3.05, 3.63) is 65.1 Å². The van der Waals surface area contributed by atoms with Crippen LogP contribution in [0.15, 0.2) is 42.6 Å². The first-order valence-corrected chi connectivity index (χ1v) is 8.31. The van der Waals surface area contributed by atoms with Gasteiger partial charge < -0.3 is 4.90 Å². The van der Waals surface area contributed by atoms with Gasteiger partial charge in [-0.05, 0) is 49.4 Å². The first-order valence-electron chi connectivity index (χ1n) is 8.31. The van der Waals surface area contributed by atoms with Gasteiger partial charge in [-0.15, -0.1) is 10.2 Å². The molecule has 1 aliphatic carbocycles. The summed E-state index contributed by atoms with van der Waals surface area (Å²) in [5.41, 5.74) is 4.06. The number of fused-ring (bicyclic) bond motifs is 2. The molecule has 5 nitrogen and oxygen atoms in total. The molecule has 1 atom stereocenters. The van der Waals surface area contributed by atoms with E-state index >= 15 is 0 Å². The molecule has 0 saturated carbocycles. The minimum absolute atomic E-state index is 0.0340. The van der Waals surface area contributed by atoms with E-state index in [-0.39, 0.29) is 11.9 Å². The predicted molar refractivity (Wildman–Crippen MR) is 91.9 cm³/mol. The first-order chi connectivity index (χ1) is 11.6. The Kier molecular flexibility index (Phi) is 3.56. The van der Waals surface area contributed by atoms with Gasteiger partial charge in [-0.2, -0.15) is 0 Å². The molecule has 0 unspecified atom stereocenters. The second kappa shape index (κ2) is 5.74. The second-order valence-electron chi connectivity index (χ2n) is 6.42. The summed E-state index contributed by atoms with van der Waals surface area (Å²) >= 11 is 0. The Labute approximate surface area is 140 Å². The van der Waals surface area contributed by atoms with Crippen molar-refractivity contribution in [3.63, 3.8) is 0 Å². The Bertz CT molecular complexity index is 915. The summed E-state index contributed by atoms with van der Waals surface area (Å²) in [6, 6.07) is 12.3. The van der Waals surface area contributed by atoms with Crippen LogP contribution >= 0.6 is 0 Å². The molecular weight excluding hydrogens is 300 g/mol. The maximum Gasteiger partial charge on any atom is 0.255 e. The minimum Gasteiger partial charge on any atom is -0.335 e. The van der Waals surface area contributed by atoms with Crippen molar-refractivity contribution in [2.24, 2.45) is 0 Å². The van der Waals surface area contributed by atoms with E-state index in [0.29, 0.717) is 5.56 Å². The Morgan fingerprint density at radius 2 is 2.04 bits per heavy atom. The van der Waals surface area contributed by atoms with Crippen molar-refractivity contribution < 1.29 is 4.79 Å². The summed E-state index contributed by atoms with van der Waals surface area (Å²) in [4.78, 5) is 14.9. The zero-order valence-corrected chi connectivity index (χ0v) is 13.9. The van der Waals surface area contributed by atoms with Crippen LogP contribution in [-0.2, 0) is 6.42 Å². The predicted octanol–water partition coefficient (Wildman–Crippen LogP) is 3.19. The highest BCUT2D eigenvalue weighted by Crippen LogP contribution is 2.34. The van der Waals surface area contributed by atoms with Gasteiger partial charge in [-0.25, -0.2) is 0 Å². The third kappa shape index (κ3) is 2.37. The van der Waals surface area contributed by atoms with Gasteiger partial charge in [0.1, 0.15) is 5.82 Å². The number of hydrogen-bond acceptors (Lipinski definition) is 3. The number of carbonyl (C=O) groups is 1. The zero-order chi connectivity index (χ0) is 16.7. The smallest absolute Gasteiger partial charge is 0.255 e. The fourth-order valence-electron chi connectivity index (χ4n) is 3.61. The number of pyridine rings is 1. The maximum absolute atomic E-state index is 13.0. The maximum atomic E-state index is 13.0. The molecule has 1 amide bonds. The van der Waals surface area contributed by atoms with Gasteiger partial charge in [0.2, 0.25) is 0 Å². The first kappa shape index (κ1) is 14.9. The van der Waals surface area contributed by atoms with Crippen LogP contribution in [0.4, 0.5) is 0 Å². The summed E-state index contributed by atoms with van der Waals surface area (Å²) < 4.78 is 1.86.